The number of carbonyl (C=O) groups excluding carboxylic acids is 1. The summed E-state index contributed by atoms with van der Waals surface area (Å²) in [6, 6.07) is 9.77. The molecule has 5 nitrogen and oxygen atoms in total. The smallest absolute Gasteiger partial charge is 0.410 e. The molecule has 120 valence electrons. The number of carbonyl (C=O) groups is 1. The third kappa shape index (κ3) is 4.21. The van der Waals surface area contributed by atoms with Crippen LogP contribution in [0.5, 0.6) is 0 Å². The van der Waals surface area contributed by atoms with Crippen molar-refractivity contribution in [3.63, 3.8) is 0 Å². The predicted molar refractivity (Wildman–Crippen MR) is 83.6 cm³/mol. The van der Waals surface area contributed by atoms with Crippen molar-refractivity contribution in [2.24, 2.45) is 0 Å². The van der Waals surface area contributed by atoms with E-state index in [1.807, 2.05) is 30.3 Å². The van der Waals surface area contributed by atoms with E-state index in [9.17, 15) is 4.79 Å². The molecule has 5 heteroatoms. The average molecular weight is 304 g/mol. The Kier molecular flexibility index (Phi) is 5.29. The molecule has 0 N–H and O–H groups in total. The lowest BCUT2D eigenvalue weighted by molar-refractivity contribution is -0.0394. The Bertz CT molecular complexity index is 474. The zero-order valence-corrected chi connectivity index (χ0v) is 12.9. The van der Waals surface area contributed by atoms with Crippen LogP contribution in [0.1, 0.15) is 18.4 Å². The molecule has 0 aromatic heterocycles. The molecule has 2 aliphatic rings. The van der Waals surface area contributed by atoms with Gasteiger partial charge in [0.2, 0.25) is 0 Å². The van der Waals surface area contributed by atoms with E-state index in [0.29, 0.717) is 26.3 Å². The van der Waals surface area contributed by atoms with E-state index in [-0.39, 0.29) is 12.2 Å². The summed E-state index contributed by atoms with van der Waals surface area (Å²) in [5, 5.41) is 0. The quantitative estimate of drug-likeness (QED) is 0.854. The molecule has 22 heavy (non-hydrogen) atoms. The number of hydrogen-bond acceptors (Lipinski definition) is 4. The predicted octanol–water partition coefficient (Wildman–Crippen LogP) is 2.12. The lowest BCUT2D eigenvalue weighted by atomic mass is 10.2. The Morgan fingerprint density at radius 2 is 1.95 bits per heavy atom. The minimum absolute atomic E-state index is 0.108. The molecule has 1 amide bonds. The van der Waals surface area contributed by atoms with Gasteiger partial charge in [-0.05, 0) is 31.5 Å². The first-order valence-corrected chi connectivity index (χ1v) is 8.11. The van der Waals surface area contributed by atoms with E-state index >= 15 is 0 Å². The molecular formula is C17H24N2O3. The van der Waals surface area contributed by atoms with Crippen molar-refractivity contribution in [3.8, 4) is 0 Å². The van der Waals surface area contributed by atoms with Crippen LogP contribution in [-0.4, -0.2) is 61.3 Å². The Morgan fingerprint density at radius 1 is 1.18 bits per heavy atom. The van der Waals surface area contributed by atoms with Gasteiger partial charge in [-0.1, -0.05) is 30.3 Å². The number of benzene rings is 1. The standard InChI is InChI=1S/C17H24N2O3/c20-17(22-14-15-6-2-1-3-7-15)19-10-11-21-16(13-19)12-18-8-4-5-9-18/h1-3,6-7,16H,4-5,8-14H2. The minimum Gasteiger partial charge on any atom is -0.445 e. The van der Waals surface area contributed by atoms with Crippen LogP contribution in [-0.2, 0) is 16.1 Å². The van der Waals surface area contributed by atoms with Crippen molar-refractivity contribution in [1.29, 1.82) is 0 Å². The Balaban J connectivity index is 1.45. The highest BCUT2D eigenvalue weighted by atomic mass is 16.6. The Hall–Kier alpha value is -1.59. The highest BCUT2D eigenvalue weighted by molar-refractivity contribution is 5.67. The van der Waals surface area contributed by atoms with Crippen LogP contribution in [0.15, 0.2) is 30.3 Å². The van der Waals surface area contributed by atoms with Gasteiger partial charge >= 0.3 is 6.09 Å². The van der Waals surface area contributed by atoms with E-state index < -0.39 is 0 Å². The van der Waals surface area contributed by atoms with Gasteiger partial charge in [-0.3, -0.25) is 0 Å². The van der Waals surface area contributed by atoms with Gasteiger partial charge in [0.15, 0.2) is 0 Å². The maximum Gasteiger partial charge on any atom is 0.410 e. The molecule has 0 bridgehead atoms. The monoisotopic (exact) mass is 304 g/mol. The summed E-state index contributed by atoms with van der Waals surface area (Å²) in [5.41, 5.74) is 1.01. The number of likely N-dealkylation sites (tertiary alicyclic amines) is 1. The fourth-order valence-corrected chi connectivity index (χ4v) is 3.06. The molecule has 2 aliphatic heterocycles. The molecule has 2 saturated heterocycles. The van der Waals surface area contributed by atoms with E-state index in [1.54, 1.807) is 4.90 Å². The van der Waals surface area contributed by atoms with Gasteiger partial charge in [0.25, 0.3) is 0 Å². The van der Waals surface area contributed by atoms with Crippen LogP contribution in [0.2, 0.25) is 0 Å². The zero-order chi connectivity index (χ0) is 15.2. The highest BCUT2D eigenvalue weighted by Crippen LogP contribution is 2.13. The Morgan fingerprint density at radius 3 is 2.73 bits per heavy atom. The highest BCUT2D eigenvalue weighted by Gasteiger charge is 2.27. The molecule has 1 aromatic carbocycles. The summed E-state index contributed by atoms with van der Waals surface area (Å²) >= 11 is 0. The molecule has 0 spiro atoms. The first-order valence-electron chi connectivity index (χ1n) is 8.11. The van der Waals surface area contributed by atoms with Crippen molar-refractivity contribution < 1.29 is 14.3 Å². The van der Waals surface area contributed by atoms with E-state index in [4.69, 9.17) is 9.47 Å². The molecule has 0 aliphatic carbocycles. The van der Waals surface area contributed by atoms with Crippen molar-refractivity contribution >= 4 is 6.09 Å². The van der Waals surface area contributed by atoms with E-state index in [0.717, 1.165) is 25.2 Å². The van der Waals surface area contributed by atoms with Gasteiger partial charge in [0, 0.05) is 13.1 Å². The molecule has 1 unspecified atom stereocenters. The number of amides is 1. The second-order valence-electron chi connectivity index (χ2n) is 5.99. The van der Waals surface area contributed by atoms with E-state index in [1.165, 1.54) is 12.8 Å². The number of ether oxygens (including phenoxy) is 2. The van der Waals surface area contributed by atoms with Gasteiger partial charge < -0.3 is 19.3 Å². The van der Waals surface area contributed by atoms with Gasteiger partial charge in [0.05, 0.1) is 19.3 Å². The van der Waals surface area contributed by atoms with Gasteiger partial charge in [-0.2, -0.15) is 0 Å². The number of morpholine rings is 1. The topological polar surface area (TPSA) is 42.0 Å². The fraction of sp³-hybridized carbons (Fsp3) is 0.588. The number of hydrogen-bond donors (Lipinski definition) is 0. The molecular weight excluding hydrogens is 280 g/mol. The maximum absolute atomic E-state index is 12.2. The molecule has 0 saturated carbocycles. The minimum atomic E-state index is -0.237. The summed E-state index contributed by atoms with van der Waals surface area (Å²) in [5.74, 6) is 0. The molecule has 2 heterocycles. The molecule has 0 radical (unpaired) electrons. The summed E-state index contributed by atoms with van der Waals surface area (Å²) in [4.78, 5) is 16.4. The van der Waals surface area contributed by atoms with Gasteiger partial charge in [0.1, 0.15) is 6.61 Å². The van der Waals surface area contributed by atoms with Crippen molar-refractivity contribution in [3.05, 3.63) is 35.9 Å². The largest absolute Gasteiger partial charge is 0.445 e. The van der Waals surface area contributed by atoms with Crippen LogP contribution in [0.3, 0.4) is 0 Å². The lowest BCUT2D eigenvalue weighted by Crippen LogP contribution is -2.49. The van der Waals surface area contributed by atoms with Crippen LogP contribution in [0.25, 0.3) is 0 Å². The third-order valence-corrected chi connectivity index (χ3v) is 4.26. The average Bonchev–Trinajstić information content (AvgIpc) is 3.07. The third-order valence-electron chi connectivity index (χ3n) is 4.26. The summed E-state index contributed by atoms with van der Waals surface area (Å²) in [6.07, 6.45) is 2.42. The lowest BCUT2D eigenvalue weighted by Gasteiger charge is -2.34. The van der Waals surface area contributed by atoms with Gasteiger partial charge in [-0.25, -0.2) is 4.79 Å². The van der Waals surface area contributed by atoms with Crippen molar-refractivity contribution in [1.82, 2.24) is 9.80 Å². The Labute approximate surface area is 131 Å². The van der Waals surface area contributed by atoms with Crippen LogP contribution < -0.4 is 0 Å². The number of rotatable bonds is 4. The normalized spacial score (nSPS) is 22.7. The number of nitrogens with zero attached hydrogens (tertiary/aromatic N) is 2. The fourth-order valence-electron chi connectivity index (χ4n) is 3.06. The molecule has 3 rings (SSSR count). The van der Waals surface area contributed by atoms with Crippen molar-refractivity contribution in [2.45, 2.75) is 25.6 Å². The van der Waals surface area contributed by atoms with Crippen molar-refractivity contribution in [2.75, 3.05) is 39.3 Å². The first-order chi connectivity index (χ1) is 10.8. The van der Waals surface area contributed by atoms with Gasteiger partial charge in [-0.15, -0.1) is 0 Å². The summed E-state index contributed by atoms with van der Waals surface area (Å²) in [7, 11) is 0. The summed E-state index contributed by atoms with van der Waals surface area (Å²) < 4.78 is 11.2. The second kappa shape index (κ2) is 7.61. The van der Waals surface area contributed by atoms with E-state index in [2.05, 4.69) is 4.90 Å². The zero-order valence-electron chi connectivity index (χ0n) is 12.9. The van der Waals surface area contributed by atoms with Crippen LogP contribution in [0.4, 0.5) is 4.79 Å². The SMILES string of the molecule is O=C(OCc1ccccc1)N1CCOC(CN2CCCC2)C1. The molecule has 1 aromatic rings. The maximum atomic E-state index is 12.2. The first kappa shape index (κ1) is 15.3. The second-order valence-corrected chi connectivity index (χ2v) is 5.99. The molecule has 2 fully saturated rings. The summed E-state index contributed by atoms with van der Waals surface area (Å²) in [6.45, 7) is 5.39. The van der Waals surface area contributed by atoms with Crippen LogP contribution >= 0.6 is 0 Å². The van der Waals surface area contributed by atoms with Crippen LogP contribution in [0, 0.1) is 0 Å². The molecule has 1 atom stereocenters.